The van der Waals surface area contributed by atoms with Gasteiger partial charge in [-0.05, 0) is 30.5 Å². The molecule has 0 spiro atoms. The van der Waals surface area contributed by atoms with Crippen molar-refractivity contribution in [2.45, 2.75) is 31.9 Å². The minimum Gasteiger partial charge on any atom is -0.548 e. The van der Waals surface area contributed by atoms with E-state index >= 15 is 0 Å². The number of benzene rings is 2. The van der Waals surface area contributed by atoms with Crippen LogP contribution < -0.4 is 61.8 Å². The maximum atomic E-state index is 12.6. The number of halogens is 1. The first-order valence-electron chi connectivity index (χ1n) is 8.59. The molecule has 1 amide bonds. The molecule has 0 aromatic heterocycles. The standard InChI is InChI=1S/C20H18ClNO6.K/c1-10-7-12-14(21)9-13(17(23)16(12)20(27)28-10)18(24)22-15(19(25)26)8-11-5-3-2-4-6-11;/h2-6,9-10,15,23H,7-8H2,1H3,(H,22,24)(H,25,26);/q;+1/p-1/t10-,15+;/m1./s1. The van der Waals surface area contributed by atoms with Crippen LogP contribution in [0.4, 0.5) is 0 Å². The first kappa shape index (κ1) is 23.9. The molecule has 1 aliphatic heterocycles. The number of carboxylic acids is 1. The third-order valence-corrected chi connectivity index (χ3v) is 4.81. The number of amides is 1. The van der Waals surface area contributed by atoms with Crippen molar-refractivity contribution in [3.05, 3.63) is 63.7 Å². The summed E-state index contributed by atoms with van der Waals surface area (Å²) in [5.74, 6) is -3.75. The maximum absolute atomic E-state index is 12.6. The Bertz CT molecular complexity index is 950. The molecule has 1 heterocycles. The van der Waals surface area contributed by atoms with Crippen molar-refractivity contribution in [2.24, 2.45) is 0 Å². The summed E-state index contributed by atoms with van der Waals surface area (Å²) in [6.07, 6.45) is -0.121. The third-order valence-electron chi connectivity index (χ3n) is 4.47. The quantitative estimate of drug-likeness (QED) is 0.419. The third kappa shape index (κ3) is 5.39. The predicted molar refractivity (Wildman–Crippen MR) is 98.1 cm³/mol. The molecular weight excluding hydrogens is 425 g/mol. The molecule has 9 heteroatoms. The van der Waals surface area contributed by atoms with Crippen LogP contribution in [0.15, 0.2) is 36.4 Å². The zero-order valence-corrected chi connectivity index (χ0v) is 19.8. The molecule has 2 atom stereocenters. The van der Waals surface area contributed by atoms with E-state index < -0.39 is 35.7 Å². The van der Waals surface area contributed by atoms with Crippen LogP contribution in [0, 0.1) is 0 Å². The Hall–Kier alpha value is -1.42. The summed E-state index contributed by atoms with van der Waals surface area (Å²) in [6, 6.07) is 8.57. The molecule has 2 aromatic carbocycles. The minimum atomic E-state index is -1.48. The van der Waals surface area contributed by atoms with Gasteiger partial charge in [0.15, 0.2) is 0 Å². The van der Waals surface area contributed by atoms with Gasteiger partial charge in [-0.2, -0.15) is 0 Å². The van der Waals surface area contributed by atoms with Crippen LogP contribution in [0.5, 0.6) is 5.75 Å². The van der Waals surface area contributed by atoms with Gasteiger partial charge in [0.25, 0.3) is 5.91 Å². The number of carbonyl (C=O) groups excluding carboxylic acids is 3. The SMILES string of the molecule is C[C@@H]1Cc2c(Cl)cc(C(=O)N[C@@H](Cc3ccccc3)C(=O)[O-])c(O)c2C(=O)O1.[K+]. The largest absolute Gasteiger partial charge is 1.00 e. The number of carbonyl (C=O) groups is 3. The van der Waals surface area contributed by atoms with E-state index in [1.807, 2.05) is 0 Å². The van der Waals surface area contributed by atoms with Crippen LogP contribution in [0.2, 0.25) is 5.02 Å². The van der Waals surface area contributed by atoms with Crippen molar-refractivity contribution in [1.29, 1.82) is 0 Å². The van der Waals surface area contributed by atoms with Gasteiger partial charge in [-0.1, -0.05) is 41.9 Å². The fourth-order valence-corrected chi connectivity index (χ4v) is 3.40. The molecule has 3 rings (SSSR count). The molecule has 7 nitrogen and oxygen atoms in total. The molecule has 0 fully saturated rings. The zero-order chi connectivity index (χ0) is 20.4. The number of aliphatic carboxylic acids is 1. The normalized spacial score (nSPS) is 16.1. The van der Waals surface area contributed by atoms with Crippen LogP contribution in [0.3, 0.4) is 0 Å². The van der Waals surface area contributed by atoms with Crippen molar-refractivity contribution in [3.8, 4) is 5.75 Å². The minimum absolute atomic E-state index is 0. The Balaban J connectivity index is 0.00000300. The van der Waals surface area contributed by atoms with Crippen molar-refractivity contribution < 1.29 is 80.7 Å². The van der Waals surface area contributed by atoms with Crippen molar-refractivity contribution in [1.82, 2.24) is 5.32 Å². The molecule has 2 N–H and O–H groups in total. The Kier molecular flexibility index (Phi) is 8.27. The number of rotatable bonds is 5. The molecule has 2 aromatic rings. The second-order valence-corrected chi connectivity index (χ2v) is 6.97. The van der Waals surface area contributed by atoms with Crippen LogP contribution in [-0.2, 0) is 22.4 Å². The predicted octanol–water partition coefficient (Wildman–Crippen LogP) is -1.76. The Morgan fingerprint density at radius 3 is 2.62 bits per heavy atom. The van der Waals surface area contributed by atoms with E-state index in [9.17, 15) is 24.6 Å². The van der Waals surface area contributed by atoms with Crippen molar-refractivity contribution >= 4 is 29.4 Å². The van der Waals surface area contributed by atoms with E-state index in [0.717, 1.165) is 0 Å². The summed E-state index contributed by atoms with van der Waals surface area (Å²) < 4.78 is 5.09. The molecule has 0 saturated heterocycles. The number of cyclic esters (lactones) is 1. The van der Waals surface area contributed by atoms with Gasteiger partial charge in [-0.3, -0.25) is 4.79 Å². The molecule has 1 aliphatic rings. The number of hydrogen-bond donors (Lipinski definition) is 2. The fourth-order valence-electron chi connectivity index (χ4n) is 3.12. The first-order chi connectivity index (χ1) is 13.3. The number of carboxylic acid groups (broad SMARTS) is 1. The van der Waals surface area contributed by atoms with E-state index in [0.29, 0.717) is 17.5 Å². The van der Waals surface area contributed by atoms with Gasteiger partial charge in [0.2, 0.25) is 0 Å². The number of phenolic OH excluding ortho intramolecular Hbond substituents is 1. The number of phenols is 1. The molecule has 146 valence electrons. The van der Waals surface area contributed by atoms with E-state index in [4.69, 9.17) is 16.3 Å². The number of nitrogens with one attached hydrogen (secondary N) is 1. The Morgan fingerprint density at radius 1 is 1.34 bits per heavy atom. The van der Waals surface area contributed by atoms with E-state index in [1.165, 1.54) is 6.07 Å². The maximum Gasteiger partial charge on any atom is 1.00 e. The van der Waals surface area contributed by atoms with Crippen molar-refractivity contribution in [2.75, 3.05) is 0 Å². The summed E-state index contributed by atoms with van der Waals surface area (Å²) in [5.41, 5.74) is 0.584. The molecule has 29 heavy (non-hydrogen) atoms. The molecule has 0 radical (unpaired) electrons. The van der Waals surface area contributed by atoms with Gasteiger partial charge in [-0.15, -0.1) is 0 Å². The monoisotopic (exact) mass is 441 g/mol. The van der Waals surface area contributed by atoms with E-state index in [1.54, 1.807) is 37.3 Å². The molecule has 0 aliphatic carbocycles. The second-order valence-electron chi connectivity index (χ2n) is 6.56. The summed E-state index contributed by atoms with van der Waals surface area (Å²) in [5, 5.41) is 24.3. The summed E-state index contributed by atoms with van der Waals surface area (Å²) in [6.45, 7) is 1.68. The summed E-state index contributed by atoms with van der Waals surface area (Å²) in [7, 11) is 0. The van der Waals surface area contributed by atoms with Crippen LogP contribution in [-0.4, -0.2) is 35.1 Å². The molecule has 0 bridgehead atoms. The van der Waals surface area contributed by atoms with Gasteiger partial charge in [-0.25, -0.2) is 4.79 Å². The van der Waals surface area contributed by atoms with Crippen LogP contribution in [0.1, 0.15) is 38.8 Å². The summed E-state index contributed by atoms with van der Waals surface area (Å²) >= 11 is 6.20. The number of hydrogen-bond acceptors (Lipinski definition) is 6. The summed E-state index contributed by atoms with van der Waals surface area (Å²) in [4.78, 5) is 36.2. The first-order valence-corrected chi connectivity index (χ1v) is 8.96. The zero-order valence-electron chi connectivity index (χ0n) is 15.9. The Labute approximate surface area is 214 Å². The van der Waals surface area contributed by atoms with Crippen molar-refractivity contribution in [3.63, 3.8) is 0 Å². The van der Waals surface area contributed by atoms with E-state index in [2.05, 4.69) is 5.32 Å². The average molecular weight is 442 g/mol. The number of esters is 1. The molecular formula is C20H17ClKNO6. The topological polar surface area (TPSA) is 116 Å². The van der Waals surface area contributed by atoms with Gasteiger partial charge in [0.1, 0.15) is 17.4 Å². The van der Waals surface area contributed by atoms with Crippen LogP contribution >= 0.6 is 11.6 Å². The van der Waals surface area contributed by atoms with Gasteiger partial charge < -0.3 is 25.1 Å². The number of aromatic hydroxyl groups is 1. The van der Waals surface area contributed by atoms with Gasteiger partial charge in [0.05, 0.1) is 17.6 Å². The fraction of sp³-hybridized carbons (Fsp3) is 0.250. The number of fused-ring (bicyclic) bond motifs is 1. The molecule has 0 saturated carbocycles. The average Bonchev–Trinajstić information content (AvgIpc) is 2.64. The van der Waals surface area contributed by atoms with E-state index in [-0.39, 0.29) is 74.0 Å². The van der Waals surface area contributed by atoms with Gasteiger partial charge in [0, 0.05) is 11.4 Å². The molecule has 0 unspecified atom stereocenters. The smallest absolute Gasteiger partial charge is 0.548 e. The Morgan fingerprint density at radius 2 is 2.00 bits per heavy atom. The van der Waals surface area contributed by atoms with Crippen LogP contribution in [0.25, 0.3) is 0 Å². The number of ether oxygens (including phenoxy) is 1. The van der Waals surface area contributed by atoms with Gasteiger partial charge >= 0.3 is 57.4 Å². The second kappa shape index (κ2) is 10.1.